The standard InChI is InChI=1S/C14H10FNO4/c15-6-1-4-10-9(5-6)7-2-3-8(13(18)14(19)20)12(17)11(7)16-10/h1,4-5,16-17H,2-3H2,(H,19,20). The van der Waals surface area contributed by atoms with Crippen LogP contribution in [0.5, 0.6) is 0 Å². The molecule has 20 heavy (non-hydrogen) atoms. The number of carboxylic acid groups (broad SMARTS) is 1. The number of halogens is 1. The molecule has 0 radical (unpaired) electrons. The monoisotopic (exact) mass is 275 g/mol. The number of nitrogens with one attached hydrogen (secondary N) is 1. The summed E-state index contributed by atoms with van der Waals surface area (Å²) >= 11 is 0. The topological polar surface area (TPSA) is 90.4 Å². The number of Topliss-reactive ketones (excluding diaryl/α,β-unsaturated/α-hetero) is 1. The molecule has 3 rings (SSSR count). The summed E-state index contributed by atoms with van der Waals surface area (Å²) in [6.07, 6.45) is 0.491. The van der Waals surface area contributed by atoms with E-state index in [0.29, 0.717) is 28.6 Å². The molecule has 1 heterocycles. The van der Waals surface area contributed by atoms with Crippen LogP contribution in [0, 0.1) is 5.82 Å². The molecule has 5 nitrogen and oxygen atoms in total. The Bertz CT molecular complexity index is 788. The number of H-pyrrole nitrogens is 1. The number of hydrogen-bond acceptors (Lipinski definition) is 3. The highest BCUT2D eigenvalue weighted by Crippen LogP contribution is 2.35. The number of carboxylic acids is 1. The molecule has 0 fully saturated rings. The maximum Gasteiger partial charge on any atom is 0.377 e. The Morgan fingerprint density at radius 3 is 2.70 bits per heavy atom. The van der Waals surface area contributed by atoms with E-state index in [2.05, 4.69) is 4.98 Å². The lowest BCUT2D eigenvalue weighted by Gasteiger charge is -2.14. The molecule has 0 amide bonds. The number of aromatic nitrogens is 1. The Morgan fingerprint density at radius 2 is 2.00 bits per heavy atom. The van der Waals surface area contributed by atoms with Crippen molar-refractivity contribution in [2.45, 2.75) is 12.8 Å². The molecule has 6 heteroatoms. The molecule has 0 aliphatic heterocycles. The average molecular weight is 275 g/mol. The third-order valence-electron chi connectivity index (χ3n) is 3.48. The summed E-state index contributed by atoms with van der Waals surface area (Å²) in [4.78, 5) is 25.1. The number of ketones is 1. The number of aromatic amines is 1. The van der Waals surface area contributed by atoms with Crippen LogP contribution < -0.4 is 0 Å². The number of aliphatic carboxylic acids is 1. The first-order valence-corrected chi connectivity index (χ1v) is 5.99. The minimum absolute atomic E-state index is 0.118. The van der Waals surface area contributed by atoms with Gasteiger partial charge in [-0.15, -0.1) is 0 Å². The Morgan fingerprint density at radius 1 is 1.25 bits per heavy atom. The van der Waals surface area contributed by atoms with Crippen LogP contribution in [0.2, 0.25) is 0 Å². The second-order valence-corrected chi connectivity index (χ2v) is 4.63. The maximum absolute atomic E-state index is 13.3. The van der Waals surface area contributed by atoms with Crippen LogP contribution in [0.4, 0.5) is 4.39 Å². The van der Waals surface area contributed by atoms with Crippen LogP contribution in [0.25, 0.3) is 16.7 Å². The highest BCUT2D eigenvalue weighted by atomic mass is 19.1. The van der Waals surface area contributed by atoms with E-state index in [0.717, 1.165) is 0 Å². The van der Waals surface area contributed by atoms with Crippen LogP contribution >= 0.6 is 0 Å². The van der Waals surface area contributed by atoms with E-state index in [1.807, 2.05) is 0 Å². The summed E-state index contributed by atoms with van der Waals surface area (Å²) in [6.45, 7) is 0. The molecule has 1 aromatic carbocycles. The van der Waals surface area contributed by atoms with Gasteiger partial charge in [0.05, 0.1) is 11.3 Å². The summed E-state index contributed by atoms with van der Waals surface area (Å²) in [7, 11) is 0. The van der Waals surface area contributed by atoms with Gasteiger partial charge in [0.1, 0.15) is 11.6 Å². The van der Waals surface area contributed by atoms with Crippen molar-refractivity contribution in [3.8, 4) is 0 Å². The largest absolute Gasteiger partial charge is 0.505 e. The number of rotatable bonds is 2. The molecule has 1 aromatic heterocycles. The van der Waals surface area contributed by atoms with Crippen LogP contribution in [0.1, 0.15) is 17.7 Å². The van der Waals surface area contributed by atoms with Gasteiger partial charge >= 0.3 is 5.97 Å². The molecule has 0 saturated heterocycles. The molecule has 1 aliphatic rings. The minimum atomic E-state index is -1.60. The maximum atomic E-state index is 13.3. The first-order chi connectivity index (χ1) is 9.49. The lowest BCUT2D eigenvalue weighted by molar-refractivity contribution is -0.147. The quantitative estimate of drug-likeness (QED) is 0.733. The normalized spacial score (nSPS) is 14.4. The number of aliphatic hydroxyl groups excluding tert-OH is 1. The van der Waals surface area contributed by atoms with Gasteiger partial charge in [-0.05, 0) is 36.6 Å². The van der Waals surface area contributed by atoms with Crippen LogP contribution in [0.3, 0.4) is 0 Å². The molecule has 102 valence electrons. The Balaban J connectivity index is 2.22. The Labute approximate surface area is 112 Å². The van der Waals surface area contributed by atoms with Gasteiger partial charge in [-0.2, -0.15) is 0 Å². The van der Waals surface area contributed by atoms with Gasteiger partial charge < -0.3 is 15.2 Å². The highest BCUT2D eigenvalue weighted by Gasteiger charge is 2.29. The molecule has 0 atom stereocenters. The van der Waals surface area contributed by atoms with Gasteiger partial charge in [0, 0.05) is 10.9 Å². The van der Waals surface area contributed by atoms with Crippen LogP contribution in [-0.4, -0.2) is 26.9 Å². The first-order valence-electron chi connectivity index (χ1n) is 5.99. The number of aryl methyl sites for hydroxylation is 1. The second kappa shape index (κ2) is 4.19. The van der Waals surface area contributed by atoms with Gasteiger partial charge in [0.15, 0.2) is 0 Å². The fourth-order valence-corrected chi connectivity index (χ4v) is 2.55. The van der Waals surface area contributed by atoms with E-state index < -0.39 is 17.6 Å². The Kier molecular flexibility index (Phi) is 2.60. The summed E-state index contributed by atoms with van der Waals surface area (Å²) in [6, 6.07) is 4.17. The van der Waals surface area contributed by atoms with Crippen molar-refractivity contribution in [1.29, 1.82) is 0 Å². The number of carbonyl (C=O) groups is 2. The van der Waals surface area contributed by atoms with Crippen LogP contribution in [0.15, 0.2) is 23.8 Å². The molecule has 1 aliphatic carbocycles. The van der Waals surface area contributed by atoms with Crippen molar-refractivity contribution in [1.82, 2.24) is 4.98 Å². The third-order valence-corrected chi connectivity index (χ3v) is 3.48. The number of hydrogen-bond donors (Lipinski definition) is 3. The smallest absolute Gasteiger partial charge is 0.377 e. The first kappa shape index (κ1) is 12.4. The average Bonchev–Trinajstić information content (AvgIpc) is 2.77. The summed E-state index contributed by atoms with van der Waals surface area (Å²) in [5, 5.41) is 19.4. The van der Waals surface area contributed by atoms with Gasteiger partial charge in [-0.1, -0.05) is 0 Å². The van der Waals surface area contributed by atoms with E-state index in [9.17, 15) is 19.1 Å². The minimum Gasteiger partial charge on any atom is -0.505 e. The molecule has 3 N–H and O–H groups in total. The molecule has 0 unspecified atom stereocenters. The molecule has 0 bridgehead atoms. The molecule has 0 spiro atoms. The second-order valence-electron chi connectivity index (χ2n) is 4.63. The number of benzene rings is 1. The van der Waals surface area contributed by atoms with Crippen molar-refractivity contribution >= 4 is 28.4 Å². The zero-order valence-corrected chi connectivity index (χ0v) is 10.2. The number of fused-ring (bicyclic) bond motifs is 3. The lowest BCUT2D eigenvalue weighted by atomic mass is 9.91. The number of carbonyl (C=O) groups excluding carboxylic acids is 1. The van der Waals surface area contributed by atoms with Gasteiger partial charge in [0.25, 0.3) is 5.78 Å². The third kappa shape index (κ3) is 1.69. The lowest BCUT2D eigenvalue weighted by Crippen LogP contribution is -2.19. The van der Waals surface area contributed by atoms with Gasteiger partial charge in [-0.3, -0.25) is 4.79 Å². The molecule has 2 aromatic rings. The number of aliphatic hydroxyl groups is 1. The van der Waals surface area contributed by atoms with E-state index >= 15 is 0 Å². The van der Waals surface area contributed by atoms with Gasteiger partial charge in [-0.25, -0.2) is 9.18 Å². The summed E-state index contributed by atoms with van der Waals surface area (Å²) in [5.41, 5.74) is 1.49. The molecular formula is C14H10FNO4. The predicted octanol–water partition coefficient (Wildman–Crippen LogP) is 2.18. The van der Waals surface area contributed by atoms with Crippen molar-refractivity contribution in [2.24, 2.45) is 0 Å². The van der Waals surface area contributed by atoms with Gasteiger partial charge in [0.2, 0.25) is 0 Å². The van der Waals surface area contributed by atoms with E-state index in [4.69, 9.17) is 5.11 Å². The summed E-state index contributed by atoms with van der Waals surface area (Å²) in [5.74, 6) is -3.47. The highest BCUT2D eigenvalue weighted by molar-refractivity contribution is 6.41. The van der Waals surface area contributed by atoms with Crippen molar-refractivity contribution in [3.05, 3.63) is 40.8 Å². The van der Waals surface area contributed by atoms with E-state index in [1.165, 1.54) is 18.2 Å². The fourth-order valence-electron chi connectivity index (χ4n) is 2.55. The zero-order chi connectivity index (χ0) is 14.4. The van der Waals surface area contributed by atoms with Crippen molar-refractivity contribution in [2.75, 3.05) is 0 Å². The predicted molar refractivity (Wildman–Crippen MR) is 68.8 cm³/mol. The van der Waals surface area contributed by atoms with Crippen molar-refractivity contribution < 1.29 is 24.2 Å². The zero-order valence-electron chi connectivity index (χ0n) is 10.2. The molecule has 0 saturated carbocycles. The molecular weight excluding hydrogens is 265 g/mol. The SMILES string of the molecule is O=C(O)C(=O)C1=C(O)c2[nH]c3ccc(F)cc3c2CC1. The fraction of sp³-hybridized carbons (Fsp3) is 0.143. The Hall–Kier alpha value is -2.63. The van der Waals surface area contributed by atoms with E-state index in [1.54, 1.807) is 0 Å². The van der Waals surface area contributed by atoms with Crippen LogP contribution in [-0.2, 0) is 16.0 Å². The van der Waals surface area contributed by atoms with E-state index in [-0.39, 0.29) is 17.8 Å². The summed E-state index contributed by atoms with van der Waals surface area (Å²) < 4.78 is 13.3. The van der Waals surface area contributed by atoms with Crippen molar-refractivity contribution in [3.63, 3.8) is 0 Å².